The van der Waals surface area contributed by atoms with Crippen LogP contribution in [0.2, 0.25) is 0 Å². The summed E-state index contributed by atoms with van der Waals surface area (Å²) >= 11 is 0. The predicted octanol–water partition coefficient (Wildman–Crippen LogP) is 2.09. The fourth-order valence-electron chi connectivity index (χ4n) is 2.03. The smallest absolute Gasteiger partial charge is 0.223 e. The Kier molecular flexibility index (Phi) is 9.03. The molecule has 0 saturated carbocycles. The van der Waals surface area contributed by atoms with Gasteiger partial charge < -0.3 is 24.2 Å². The minimum absolute atomic E-state index is 0. The van der Waals surface area contributed by atoms with E-state index in [4.69, 9.17) is 14.0 Å². The highest BCUT2D eigenvalue weighted by molar-refractivity contribution is 14.0. The minimum Gasteiger partial charge on any atom is -0.497 e. The summed E-state index contributed by atoms with van der Waals surface area (Å²) in [4.78, 5) is 10.3. The van der Waals surface area contributed by atoms with Crippen molar-refractivity contribution >= 4 is 29.9 Å². The molecule has 0 aliphatic rings. The molecule has 0 saturated heterocycles. The number of methoxy groups -OCH3 is 1. The van der Waals surface area contributed by atoms with Crippen LogP contribution in [0.1, 0.15) is 11.7 Å². The highest BCUT2D eigenvalue weighted by atomic mass is 127. The molecule has 1 heterocycles. The van der Waals surface area contributed by atoms with Crippen molar-refractivity contribution < 1.29 is 14.0 Å². The molecular weight excluding hydrogens is 437 g/mol. The van der Waals surface area contributed by atoms with Crippen molar-refractivity contribution in [1.82, 2.24) is 20.4 Å². The molecule has 0 spiro atoms. The average molecular weight is 461 g/mol. The van der Waals surface area contributed by atoms with Crippen molar-refractivity contribution in [3.63, 3.8) is 0 Å². The lowest BCUT2D eigenvalue weighted by atomic mass is 10.3. The van der Waals surface area contributed by atoms with Crippen LogP contribution in [0, 0.1) is 6.92 Å². The first kappa shape index (κ1) is 21.0. The number of ether oxygens (including phenoxy) is 2. The first-order valence-corrected chi connectivity index (χ1v) is 7.60. The van der Waals surface area contributed by atoms with Gasteiger partial charge >= 0.3 is 0 Å². The van der Waals surface area contributed by atoms with Gasteiger partial charge in [-0.15, -0.1) is 24.0 Å². The molecule has 1 aromatic carbocycles. The molecule has 0 fully saturated rings. The summed E-state index contributed by atoms with van der Waals surface area (Å²) in [5, 5.41) is 7.02. The molecule has 0 aliphatic heterocycles. The number of rotatable bonds is 7. The second-order valence-corrected chi connectivity index (χ2v) is 5.08. The maximum absolute atomic E-state index is 5.72. The highest BCUT2D eigenvalue weighted by Crippen LogP contribution is 2.16. The first-order chi connectivity index (χ1) is 11.6. The average Bonchev–Trinajstić information content (AvgIpc) is 3.01. The molecule has 8 nitrogen and oxygen atoms in total. The summed E-state index contributed by atoms with van der Waals surface area (Å²) in [5.41, 5.74) is 0. The molecule has 2 rings (SSSR count). The van der Waals surface area contributed by atoms with E-state index < -0.39 is 0 Å². The van der Waals surface area contributed by atoms with Gasteiger partial charge in [-0.2, -0.15) is 4.98 Å². The Hall–Kier alpha value is -2.04. The van der Waals surface area contributed by atoms with Gasteiger partial charge in [0.05, 0.1) is 20.2 Å². The Labute approximate surface area is 164 Å². The predicted molar refractivity (Wildman–Crippen MR) is 106 cm³/mol. The number of nitrogens with one attached hydrogen (secondary N) is 1. The Balaban J connectivity index is 0.00000312. The van der Waals surface area contributed by atoms with Gasteiger partial charge in [0, 0.05) is 21.0 Å². The maximum atomic E-state index is 5.72. The lowest BCUT2D eigenvalue weighted by molar-refractivity contribution is 0.280. The van der Waals surface area contributed by atoms with Crippen molar-refractivity contribution in [2.45, 2.75) is 13.5 Å². The topological polar surface area (TPSA) is 85.0 Å². The zero-order valence-corrected chi connectivity index (χ0v) is 17.2. The summed E-state index contributed by atoms with van der Waals surface area (Å²) < 4.78 is 15.8. The number of guanidine groups is 1. The van der Waals surface area contributed by atoms with Gasteiger partial charge in [-0.25, -0.2) is 0 Å². The van der Waals surface area contributed by atoms with Crippen LogP contribution >= 0.6 is 24.0 Å². The molecule has 2 aromatic rings. The number of halogens is 1. The van der Waals surface area contributed by atoms with E-state index in [1.54, 1.807) is 21.1 Å². The van der Waals surface area contributed by atoms with Crippen molar-refractivity contribution in [1.29, 1.82) is 0 Å². The van der Waals surface area contributed by atoms with Crippen LogP contribution in [0.5, 0.6) is 11.5 Å². The first-order valence-electron chi connectivity index (χ1n) is 7.60. The molecule has 1 N–H and O–H groups in total. The molecule has 0 atom stereocenters. The molecule has 1 aromatic heterocycles. The number of benzene rings is 1. The van der Waals surface area contributed by atoms with Crippen molar-refractivity contribution in [3.05, 3.63) is 36.0 Å². The number of aliphatic imine (C=N–C) groups is 1. The fraction of sp³-hybridized carbons (Fsp3) is 0.438. The minimum atomic E-state index is 0. The van der Waals surface area contributed by atoms with Crippen molar-refractivity contribution in [3.8, 4) is 11.5 Å². The standard InChI is InChI=1S/C16H23N5O3.HI/c1-12-19-15(20-24-12)11-18-16(17-2)21(3)9-10-23-14-7-5-13(22-4)6-8-14;/h5-8H,9-11H2,1-4H3,(H,17,18);1H. The quantitative estimate of drug-likeness (QED) is 0.384. The molecule has 0 radical (unpaired) electrons. The zero-order valence-electron chi connectivity index (χ0n) is 14.9. The summed E-state index contributed by atoms with van der Waals surface area (Å²) in [6.45, 7) is 3.42. The number of aryl methyl sites for hydroxylation is 1. The summed E-state index contributed by atoms with van der Waals surface area (Å²) in [5.74, 6) is 3.48. The summed E-state index contributed by atoms with van der Waals surface area (Å²) in [6.07, 6.45) is 0. The Bertz CT molecular complexity index is 660. The van der Waals surface area contributed by atoms with Gasteiger partial charge in [-0.3, -0.25) is 4.99 Å². The van der Waals surface area contributed by atoms with Crippen LogP contribution < -0.4 is 14.8 Å². The number of nitrogens with zero attached hydrogens (tertiary/aromatic N) is 4. The molecule has 9 heteroatoms. The van der Waals surface area contributed by atoms with Gasteiger partial charge in [0.2, 0.25) is 5.89 Å². The van der Waals surface area contributed by atoms with Gasteiger partial charge in [-0.1, -0.05) is 5.16 Å². The normalized spacial score (nSPS) is 10.8. The largest absolute Gasteiger partial charge is 0.497 e. The third kappa shape index (κ3) is 6.77. The van der Waals surface area contributed by atoms with E-state index in [2.05, 4.69) is 20.4 Å². The van der Waals surface area contributed by atoms with Gasteiger partial charge in [0.25, 0.3) is 0 Å². The van der Waals surface area contributed by atoms with E-state index in [-0.39, 0.29) is 24.0 Å². The van der Waals surface area contributed by atoms with E-state index in [0.717, 1.165) is 17.5 Å². The number of hydrogen-bond acceptors (Lipinski definition) is 6. The third-order valence-corrected chi connectivity index (χ3v) is 3.30. The van der Waals surface area contributed by atoms with Crippen LogP contribution in [0.25, 0.3) is 0 Å². The number of aromatic nitrogens is 2. The molecule has 138 valence electrons. The van der Waals surface area contributed by atoms with E-state index in [0.29, 0.717) is 31.4 Å². The second kappa shape index (κ2) is 10.7. The zero-order chi connectivity index (χ0) is 17.4. The highest BCUT2D eigenvalue weighted by Gasteiger charge is 2.08. The molecule has 0 bridgehead atoms. The van der Waals surface area contributed by atoms with E-state index in [1.165, 1.54) is 0 Å². The van der Waals surface area contributed by atoms with Crippen LogP contribution in [0.3, 0.4) is 0 Å². The van der Waals surface area contributed by atoms with Crippen molar-refractivity contribution in [2.75, 3.05) is 34.4 Å². The van der Waals surface area contributed by atoms with Crippen molar-refractivity contribution in [2.24, 2.45) is 4.99 Å². The Morgan fingerprint density at radius 2 is 1.96 bits per heavy atom. The number of likely N-dealkylation sites (N-methyl/N-ethyl adjacent to an activating group) is 1. The van der Waals surface area contributed by atoms with E-state index in [1.807, 2.05) is 36.2 Å². The second-order valence-electron chi connectivity index (χ2n) is 5.08. The van der Waals surface area contributed by atoms with E-state index >= 15 is 0 Å². The lowest BCUT2D eigenvalue weighted by Crippen LogP contribution is -2.40. The molecular formula is C16H24IN5O3. The van der Waals surface area contributed by atoms with Gasteiger partial charge in [0.15, 0.2) is 11.8 Å². The summed E-state index contributed by atoms with van der Waals surface area (Å²) in [7, 11) is 5.30. The fourth-order valence-corrected chi connectivity index (χ4v) is 2.03. The van der Waals surface area contributed by atoms with E-state index in [9.17, 15) is 0 Å². The Morgan fingerprint density at radius 1 is 1.28 bits per heavy atom. The third-order valence-electron chi connectivity index (χ3n) is 3.30. The SMILES string of the molecule is CN=C(NCc1noc(C)n1)N(C)CCOc1ccc(OC)cc1.I. The van der Waals surface area contributed by atoms with Crippen LogP contribution in [-0.2, 0) is 6.54 Å². The summed E-state index contributed by atoms with van der Waals surface area (Å²) in [6, 6.07) is 7.49. The van der Waals surface area contributed by atoms with Gasteiger partial charge in [-0.05, 0) is 24.3 Å². The van der Waals surface area contributed by atoms with Gasteiger partial charge in [0.1, 0.15) is 18.1 Å². The van der Waals surface area contributed by atoms with Crippen LogP contribution in [-0.4, -0.2) is 55.4 Å². The van der Waals surface area contributed by atoms with Crippen LogP contribution in [0.15, 0.2) is 33.8 Å². The molecule has 25 heavy (non-hydrogen) atoms. The number of hydrogen-bond donors (Lipinski definition) is 1. The Morgan fingerprint density at radius 3 is 2.52 bits per heavy atom. The lowest BCUT2D eigenvalue weighted by Gasteiger charge is -2.21. The maximum Gasteiger partial charge on any atom is 0.223 e. The van der Waals surface area contributed by atoms with Crippen LogP contribution in [0.4, 0.5) is 0 Å². The molecule has 0 amide bonds. The molecule has 0 unspecified atom stereocenters. The molecule has 0 aliphatic carbocycles. The monoisotopic (exact) mass is 461 g/mol.